The molecule has 1 aliphatic heterocycles. The van der Waals surface area contributed by atoms with Gasteiger partial charge in [-0.1, -0.05) is 13.3 Å². The van der Waals surface area contributed by atoms with Crippen LogP contribution < -0.4 is 17.0 Å². The summed E-state index contributed by atoms with van der Waals surface area (Å²) in [6.45, 7) is 2.45. The highest BCUT2D eigenvalue weighted by atomic mass is 16.5. The number of H-pyrrole nitrogens is 1. The predicted octanol–water partition coefficient (Wildman–Crippen LogP) is 0.125. The van der Waals surface area contributed by atoms with Gasteiger partial charge in [-0.25, -0.2) is 4.79 Å². The third-order valence-corrected chi connectivity index (χ3v) is 3.22. The van der Waals surface area contributed by atoms with Crippen LogP contribution in [0, 0.1) is 0 Å². The van der Waals surface area contributed by atoms with Crippen LogP contribution in [0.5, 0.6) is 0 Å². The first-order valence-corrected chi connectivity index (χ1v) is 6.35. The molecule has 1 saturated heterocycles. The molecule has 1 aliphatic rings. The average Bonchev–Trinajstić information content (AvgIpc) is 2.81. The lowest BCUT2D eigenvalue weighted by Crippen LogP contribution is -2.34. The normalized spacial score (nSPS) is 23.4. The van der Waals surface area contributed by atoms with E-state index in [9.17, 15) is 9.59 Å². The molecule has 0 aliphatic carbocycles. The number of aromatic nitrogens is 2. The van der Waals surface area contributed by atoms with Gasteiger partial charge in [-0.3, -0.25) is 14.3 Å². The second-order valence-electron chi connectivity index (χ2n) is 4.60. The molecule has 6 nitrogen and oxygen atoms in total. The largest absolute Gasteiger partial charge is 0.353 e. The molecule has 1 aromatic heterocycles. The molecule has 0 amide bonds. The fourth-order valence-corrected chi connectivity index (χ4v) is 2.25. The molecule has 0 saturated carbocycles. The van der Waals surface area contributed by atoms with E-state index in [4.69, 9.17) is 10.5 Å². The van der Waals surface area contributed by atoms with E-state index in [0.717, 1.165) is 19.3 Å². The van der Waals surface area contributed by atoms with Gasteiger partial charge in [0.15, 0.2) is 0 Å². The van der Waals surface area contributed by atoms with Crippen LogP contribution in [-0.4, -0.2) is 22.2 Å². The molecule has 0 spiro atoms. The van der Waals surface area contributed by atoms with Crippen molar-refractivity contribution in [3.8, 4) is 0 Å². The van der Waals surface area contributed by atoms with E-state index < -0.39 is 5.69 Å². The van der Waals surface area contributed by atoms with Crippen LogP contribution in [0.25, 0.3) is 0 Å². The number of hydrogen-bond acceptors (Lipinski definition) is 4. The Balaban J connectivity index is 2.30. The van der Waals surface area contributed by atoms with Crippen LogP contribution in [0.2, 0.25) is 0 Å². The summed E-state index contributed by atoms with van der Waals surface area (Å²) in [5.74, 6) is 0. The predicted molar refractivity (Wildman–Crippen MR) is 67.5 cm³/mol. The van der Waals surface area contributed by atoms with Crippen molar-refractivity contribution < 1.29 is 4.74 Å². The van der Waals surface area contributed by atoms with E-state index >= 15 is 0 Å². The molecule has 2 heterocycles. The summed E-state index contributed by atoms with van der Waals surface area (Å²) >= 11 is 0. The van der Waals surface area contributed by atoms with E-state index in [1.807, 2.05) is 6.92 Å². The molecule has 0 bridgehead atoms. The molecule has 18 heavy (non-hydrogen) atoms. The van der Waals surface area contributed by atoms with Gasteiger partial charge in [-0.2, -0.15) is 0 Å². The summed E-state index contributed by atoms with van der Waals surface area (Å²) in [5, 5.41) is 0. The lowest BCUT2D eigenvalue weighted by Gasteiger charge is -2.15. The number of nitrogens with one attached hydrogen (secondary N) is 1. The Bertz CT molecular complexity index is 520. The first-order valence-electron chi connectivity index (χ1n) is 6.35. The molecule has 2 rings (SSSR count). The Hall–Kier alpha value is -1.40. The molecular formula is C12H19N3O3. The maximum atomic E-state index is 11.8. The van der Waals surface area contributed by atoms with E-state index in [0.29, 0.717) is 18.5 Å². The molecule has 0 unspecified atom stereocenters. The van der Waals surface area contributed by atoms with Crippen LogP contribution >= 0.6 is 0 Å². The van der Waals surface area contributed by atoms with Gasteiger partial charge in [-0.05, 0) is 19.3 Å². The van der Waals surface area contributed by atoms with Crippen LogP contribution in [0.4, 0.5) is 0 Å². The molecule has 0 aromatic carbocycles. The number of aromatic amines is 1. The highest BCUT2D eigenvalue weighted by Gasteiger charge is 2.26. The summed E-state index contributed by atoms with van der Waals surface area (Å²) in [4.78, 5) is 25.7. The summed E-state index contributed by atoms with van der Waals surface area (Å²) in [7, 11) is 0. The van der Waals surface area contributed by atoms with E-state index in [2.05, 4.69) is 4.98 Å². The van der Waals surface area contributed by atoms with Crippen molar-refractivity contribution in [1.29, 1.82) is 0 Å². The Kier molecular flexibility index (Phi) is 3.98. The quantitative estimate of drug-likeness (QED) is 0.797. The summed E-state index contributed by atoms with van der Waals surface area (Å²) in [5.41, 5.74) is 5.45. The molecule has 0 radical (unpaired) electrons. The standard InChI is InChI=1S/C12H19N3O3/c1-2-3-8-7-15(12(17)14-11(8)16)10-5-4-9(6-13)18-10/h7,9-10H,2-6,13H2,1H3,(H,14,16,17)/t9-,10+/m1/s1. The molecule has 2 atom stereocenters. The molecule has 1 aromatic rings. The second-order valence-corrected chi connectivity index (χ2v) is 4.60. The minimum absolute atomic E-state index is 0.00320. The number of aryl methyl sites for hydroxylation is 1. The molecular weight excluding hydrogens is 234 g/mol. The molecule has 100 valence electrons. The Morgan fingerprint density at radius 2 is 2.28 bits per heavy atom. The van der Waals surface area contributed by atoms with Crippen LogP contribution in [0.1, 0.15) is 38.0 Å². The maximum Gasteiger partial charge on any atom is 0.330 e. The van der Waals surface area contributed by atoms with Crippen molar-refractivity contribution in [1.82, 2.24) is 9.55 Å². The van der Waals surface area contributed by atoms with E-state index in [-0.39, 0.29) is 17.9 Å². The van der Waals surface area contributed by atoms with E-state index in [1.165, 1.54) is 4.57 Å². The van der Waals surface area contributed by atoms with Gasteiger partial charge in [0.25, 0.3) is 5.56 Å². The van der Waals surface area contributed by atoms with Crippen molar-refractivity contribution >= 4 is 0 Å². The zero-order valence-corrected chi connectivity index (χ0v) is 10.5. The number of hydrogen-bond donors (Lipinski definition) is 2. The third kappa shape index (κ3) is 2.54. The first kappa shape index (κ1) is 13.0. The number of rotatable bonds is 4. The van der Waals surface area contributed by atoms with Gasteiger partial charge >= 0.3 is 5.69 Å². The van der Waals surface area contributed by atoms with Gasteiger partial charge in [0.05, 0.1) is 6.10 Å². The van der Waals surface area contributed by atoms with E-state index in [1.54, 1.807) is 6.20 Å². The summed E-state index contributed by atoms with van der Waals surface area (Å²) in [6, 6.07) is 0. The number of ether oxygens (including phenoxy) is 1. The minimum Gasteiger partial charge on any atom is -0.353 e. The monoisotopic (exact) mass is 253 g/mol. The lowest BCUT2D eigenvalue weighted by atomic mass is 10.2. The third-order valence-electron chi connectivity index (χ3n) is 3.22. The van der Waals surface area contributed by atoms with Crippen LogP contribution in [-0.2, 0) is 11.2 Å². The van der Waals surface area contributed by atoms with Gasteiger partial charge in [0.1, 0.15) is 6.23 Å². The number of nitrogens with zero attached hydrogens (tertiary/aromatic N) is 1. The smallest absolute Gasteiger partial charge is 0.330 e. The van der Waals surface area contributed by atoms with Crippen LogP contribution in [0.3, 0.4) is 0 Å². The maximum absolute atomic E-state index is 11.8. The fourth-order valence-electron chi connectivity index (χ4n) is 2.25. The molecule has 3 N–H and O–H groups in total. The lowest BCUT2D eigenvalue weighted by molar-refractivity contribution is 0.00344. The van der Waals surface area contributed by atoms with Crippen molar-refractivity contribution in [2.45, 2.75) is 44.9 Å². The van der Waals surface area contributed by atoms with Gasteiger partial charge in [-0.15, -0.1) is 0 Å². The fraction of sp³-hybridized carbons (Fsp3) is 0.667. The highest BCUT2D eigenvalue weighted by molar-refractivity contribution is 5.05. The second kappa shape index (κ2) is 5.49. The highest BCUT2D eigenvalue weighted by Crippen LogP contribution is 2.26. The topological polar surface area (TPSA) is 90.1 Å². The van der Waals surface area contributed by atoms with Crippen LogP contribution in [0.15, 0.2) is 15.8 Å². The zero-order valence-electron chi connectivity index (χ0n) is 10.5. The average molecular weight is 253 g/mol. The summed E-state index contributed by atoms with van der Waals surface area (Å²) < 4.78 is 7.14. The van der Waals surface area contributed by atoms with Gasteiger partial charge in [0.2, 0.25) is 0 Å². The Morgan fingerprint density at radius 3 is 2.89 bits per heavy atom. The van der Waals surface area contributed by atoms with Gasteiger partial charge < -0.3 is 10.5 Å². The molecule has 1 fully saturated rings. The van der Waals surface area contributed by atoms with Crippen molar-refractivity contribution in [2.24, 2.45) is 5.73 Å². The zero-order chi connectivity index (χ0) is 13.1. The molecule has 6 heteroatoms. The first-order chi connectivity index (χ1) is 8.65. The Labute approximate surface area is 105 Å². The Morgan fingerprint density at radius 1 is 1.50 bits per heavy atom. The summed E-state index contributed by atoms with van der Waals surface area (Å²) in [6.07, 6.45) is 4.42. The van der Waals surface area contributed by atoms with Gasteiger partial charge in [0, 0.05) is 18.3 Å². The SMILES string of the molecule is CCCc1cn([C@@H]2CC[C@H](CN)O2)c(=O)[nH]c1=O. The van der Waals surface area contributed by atoms with Crippen molar-refractivity contribution in [3.63, 3.8) is 0 Å². The minimum atomic E-state index is -0.414. The number of nitrogens with two attached hydrogens (primary N) is 1. The van der Waals surface area contributed by atoms with Crippen molar-refractivity contribution in [3.05, 3.63) is 32.6 Å². The van der Waals surface area contributed by atoms with Crippen molar-refractivity contribution in [2.75, 3.05) is 6.54 Å².